The number of nitrogen functional groups attached to an aromatic ring is 1. The average molecular weight is 246 g/mol. The first-order valence-corrected chi connectivity index (χ1v) is 7.34. The molecule has 1 aliphatic rings. The van der Waals surface area contributed by atoms with Gasteiger partial charge in [-0.05, 0) is 49.4 Å². The summed E-state index contributed by atoms with van der Waals surface area (Å²) in [4.78, 5) is 2.61. The Kier molecular flexibility index (Phi) is 5.06. The summed E-state index contributed by atoms with van der Waals surface area (Å²) < 4.78 is 0. The van der Waals surface area contributed by atoms with Crippen molar-refractivity contribution in [2.75, 3.05) is 18.8 Å². The lowest BCUT2D eigenvalue weighted by molar-refractivity contribution is 0.224. The highest BCUT2D eigenvalue weighted by atomic mass is 15.1. The van der Waals surface area contributed by atoms with Crippen molar-refractivity contribution in [2.24, 2.45) is 5.92 Å². The van der Waals surface area contributed by atoms with Crippen LogP contribution in [0.4, 0.5) is 5.69 Å². The van der Waals surface area contributed by atoms with Gasteiger partial charge in [0.15, 0.2) is 0 Å². The summed E-state index contributed by atoms with van der Waals surface area (Å²) in [6, 6.07) is 8.34. The molecule has 1 saturated carbocycles. The highest BCUT2D eigenvalue weighted by molar-refractivity contribution is 5.39. The van der Waals surface area contributed by atoms with Gasteiger partial charge in [0.1, 0.15) is 0 Å². The highest BCUT2D eigenvalue weighted by Gasteiger charge is 2.18. The van der Waals surface area contributed by atoms with Gasteiger partial charge in [0.2, 0.25) is 0 Å². The van der Waals surface area contributed by atoms with Crippen LogP contribution in [-0.2, 0) is 6.54 Å². The Morgan fingerprint density at radius 1 is 1.17 bits per heavy atom. The fraction of sp³-hybridized carbons (Fsp3) is 0.625. The molecule has 0 atom stereocenters. The van der Waals surface area contributed by atoms with E-state index in [0.29, 0.717) is 0 Å². The van der Waals surface area contributed by atoms with E-state index in [4.69, 9.17) is 5.73 Å². The Labute approximate surface area is 111 Å². The quantitative estimate of drug-likeness (QED) is 0.776. The summed E-state index contributed by atoms with van der Waals surface area (Å²) in [5, 5.41) is 0. The van der Waals surface area contributed by atoms with Crippen LogP contribution in [0.3, 0.4) is 0 Å². The normalized spacial score (nSPS) is 16.6. The Morgan fingerprint density at radius 3 is 2.44 bits per heavy atom. The Hall–Kier alpha value is -1.02. The van der Waals surface area contributed by atoms with Crippen LogP contribution in [0.25, 0.3) is 0 Å². The third kappa shape index (κ3) is 4.02. The second kappa shape index (κ2) is 6.79. The van der Waals surface area contributed by atoms with Crippen molar-refractivity contribution >= 4 is 5.69 Å². The number of nitrogens with two attached hydrogens (primary N) is 1. The molecule has 0 unspecified atom stereocenters. The molecule has 0 saturated heterocycles. The molecule has 2 heteroatoms. The molecule has 0 amide bonds. The summed E-state index contributed by atoms with van der Waals surface area (Å²) in [7, 11) is 0. The molecule has 0 aromatic heterocycles. The fourth-order valence-corrected chi connectivity index (χ4v) is 2.99. The van der Waals surface area contributed by atoms with Gasteiger partial charge in [-0.2, -0.15) is 0 Å². The number of nitrogens with zero attached hydrogens (tertiary/aromatic N) is 1. The molecule has 0 heterocycles. The maximum atomic E-state index is 5.73. The van der Waals surface area contributed by atoms with Gasteiger partial charge in [-0.3, -0.25) is 4.90 Å². The third-order valence-electron chi connectivity index (χ3n) is 3.92. The van der Waals surface area contributed by atoms with E-state index in [-0.39, 0.29) is 0 Å². The predicted octanol–water partition coefficient (Wildman–Crippen LogP) is 3.67. The fourth-order valence-electron chi connectivity index (χ4n) is 2.99. The molecule has 1 aromatic rings. The molecule has 1 fully saturated rings. The first-order chi connectivity index (χ1) is 8.78. The van der Waals surface area contributed by atoms with Gasteiger partial charge in [-0.25, -0.2) is 0 Å². The Bertz CT molecular complexity index is 339. The molecule has 2 rings (SSSR count). The van der Waals surface area contributed by atoms with E-state index in [1.807, 2.05) is 12.1 Å². The Balaban J connectivity index is 1.90. The minimum absolute atomic E-state index is 0.858. The van der Waals surface area contributed by atoms with Crippen LogP contribution in [0, 0.1) is 5.92 Å². The molecule has 2 nitrogen and oxygen atoms in total. The molecule has 2 N–H and O–H groups in total. The summed E-state index contributed by atoms with van der Waals surface area (Å²) in [6.07, 6.45) is 6.98. The summed E-state index contributed by atoms with van der Waals surface area (Å²) in [6.45, 7) is 5.83. The van der Waals surface area contributed by atoms with Crippen molar-refractivity contribution in [3.8, 4) is 0 Å². The molecule has 18 heavy (non-hydrogen) atoms. The van der Waals surface area contributed by atoms with Crippen LogP contribution in [0.1, 0.15) is 44.6 Å². The second-order valence-corrected chi connectivity index (χ2v) is 5.63. The van der Waals surface area contributed by atoms with Crippen molar-refractivity contribution in [2.45, 2.75) is 45.6 Å². The van der Waals surface area contributed by atoms with Crippen LogP contribution >= 0.6 is 0 Å². The molecule has 1 aromatic carbocycles. The lowest BCUT2D eigenvalue weighted by Crippen LogP contribution is -2.29. The first kappa shape index (κ1) is 13.4. The first-order valence-electron chi connectivity index (χ1n) is 7.34. The van der Waals surface area contributed by atoms with Crippen molar-refractivity contribution in [1.82, 2.24) is 4.90 Å². The van der Waals surface area contributed by atoms with Gasteiger partial charge in [-0.1, -0.05) is 31.9 Å². The van der Waals surface area contributed by atoms with E-state index < -0.39 is 0 Å². The lowest BCUT2D eigenvalue weighted by atomic mass is 10.1. The number of anilines is 1. The summed E-state index contributed by atoms with van der Waals surface area (Å²) in [5.41, 5.74) is 7.98. The molecule has 100 valence electrons. The molecular formula is C16H26N2. The zero-order valence-corrected chi connectivity index (χ0v) is 11.6. The van der Waals surface area contributed by atoms with E-state index in [1.54, 1.807) is 0 Å². The molecule has 0 aliphatic heterocycles. The van der Waals surface area contributed by atoms with Gasteiger partial charge in [0.05, 0.1) is 0 Å². The standard InChI is InChI=1S/C16H26N2/c1-2-11-18(12-14-5-3-4-6-14)13-15-7-9-16(17)10-8-15/h7-10,14H,2-6,11-13,17H2,1H3. The van der Waals surface area contributed by atoms with Crippen molar-refractivity contribution in [3.05, 3.63) is 29.8 Å². The molecule has 0 spiro atoms. The maximum absolute atomic E-state index is 5.73. The van der Waals surface area contributed by atoms with Crippen molar-refractivity contribution < 1.29 is 0 Å². The predicted molar refractivity (Wildman–Crippen MR) is 78.4 cm³/mol. The van der Waals surface area contributed by atoms with E-state index in [2.05, 4.69) is 24.0 Å². The number of rotatable bonds is 6. The van der Waals surface area contributed by atoms with Crippen LogP contribution in [0.15, 0.2) is 24.3 Å². The van der Waals surface area contributed by atoms with Gasteiger partial charge >= 0.3 is 0 Å². The number of benzene rings is 1. The third-order valence-corrected chi connectivity index (χ3v) is 3.92. The topological polar surface area (TPSA) is 29.3 Å². The van der Waals surface area contributed by atoms with Crippen LogP contribution < -0.4 is 5.73 Å². The van der Waals surface area contributed by atoms with Crippen LogP contribution in [-0.4, -0.2) is 18.0 Å². The summed E-state index contributed by atoms with van der Waals surface area (Å²) in [5.74, 6) is 0.935. The molecule has 1 aliphatic carbocycles. The van der Waals surface area contributed by atoms with Crippen LogP contribution in [0.5, 0.6) is 0 Å². The van der Waals surface area contributed by atoms with E-state index in [0.717, 1.165) is 18.2 Å². The monoisotopic (exact) mass is 246 g/mol. The molecular weight excluding hydrogens is 220 g/mol. The largest absolute Gasteiger partial charge is 0.399 e. The zero-order valence-electron chi connectivity index (χ0n) is 11.6. The number of hydrogen-bond acceptors (Lipinski definition) is 2. The molecule has 0 radical (unpaired) electrons. The minimum Gasteiger partial charge on any atom is -0.399 e. The SMILES string of the molecule is CCCN(Cc1ccc(N)cc1)CC1CCCC1. The van der Waals surface area contributed by atoms with E-state index in [9.17, 15) is 0 Å². The maximum Gasteiger partial charge on any atom is 0.0314 e. The smallest absolute Gasteiger partial charge is 0.0314 e. The average Bonchev–Trinajstić information content (AvgIpc) is 2.85. The molecule has 0 bridgehead atoms. The van der Waals surface area contributed by atoms with Crippen molar-refractivity contribution in [1.29, 1.82) is 0 Å². The zero-order chi connectivity index (χ0) is 12.8. The second-order valence-electron chi connectivity index (χ2n) is 5.63. The Morgan fingerprint density at radius 2 is 1.83 bits per heavy atom. The van der Waals surface area contributed by atoms with Gasteiger partial charge in [-0.15, -0.1) is 0 Å². The summed E-state index contributed by atoms with van der Waals surface area (Å²) >= 11 is 0. The van der Waals surface area contributed by atoms with Crippen LogP contribution in [0.2, 0.25) is 0 Å². The lowest BCUT2D eigenvalue weighted by Gasteiger charge is -2.25. The highest BCUT2D eigenvalue weighted by Crippen LogP contribution is 2.26. The van der Waals surface area contributed by atoms with Gasteiger partial charge in [0.25, 0.3) is 0 Å². The van der Waals surface area contributed by atoms with Crippen molar-refractivity contribution in [3.63, 3.8) is 0 Å². The minimum atomic E-state index is 0.858. The van der Waals surface area contributed by atoms with E-state index >= 15 is 0 Å². The number of hydrogen-bond donors (Lipinski definition) is 1. The van der Waals surface area contributed by atoms with E-state index in [1.165, 1.54) is 50.8 Å². The van der Waals surface area contributed by atoms with Gasteiger partial charge in [0, 0.05) is 18.8 Å². The van der Waals surface area contributed by atoms with Gasteiger partial charge < -0.3 is 5.73 Å².